The molecule has 5 N–H and O–H groups in total. The predicted octanol–water partition coefficient (Wildman–Crippen LogP) is -1.85. The van der Waals surface area contributed by atoms with E-state index >= 15 is 0 Å². The van der Waals surface area contributed by atoms with E-state index in [9.17, 15) is 9.59 Å². The normalized spacial score (nSPS) is 19.2. The van der Waals surface area contributed by atoms with E-state index in [0.717, 1.165) is 0 Å². The molecular weight excluding hydrogens is 248 g/mol. The van der Waals surface area contributed by atoms with Crippen LogP contribution in [0.2, 0.25) is 0 Å². The molecule has 0 spiro atoms. The van der Waals surface area contributed by atoms with Gasteiger partial charge >= 0.3 is 0 Å². The lowest BCUT2D eigenvalue weighted by Crippen LogP contribution is -2.57. The minimum Gasteiger partial charge on any atom is -0.368 e. The molecule has 1 aromatic heterocycles. The van der Waals surface area contributed by atoms with Gasteiger partial charge < -0.3 is 21.7 Å². The van der Waals surface area contributed by atoms with Crippen molar-refractivity contribution in [3.05, 3.63) is 17.6 Å². The highest BCUT2D eigenvalue weighted by Gasteiger charge is 2.28. The van der Waals surface area contributed by atoms with Gasteiger partial charge in [0, 0.05) is 25.7 Å². The number of amides is 2. The van der Waals surface area contributed by atoms with Crippen LogP contribution in [0.15, 0.2) is 6.07 Å². The summed E-state index contributed by atoms with van der Waals surface area (Å²) >= 11 is 0. The van der Waals surface area contributed by atoms with Crippen LogP contribution in [-0.2, 0) is 4.79 Å². The number of anilines is 1. The number of aromatic nitrogens is 2. The molecule has 1 aromatic rings. The second-order valence-electron chi connectivity index (χ2n) is 4.34. The van der Waals surface area contributed by atoms with Crippen LogP contribution in [0.5, 0.6) is 0 Å². The van der Waals surface area contributed by atoms with Crippen LogP contribution in [0, 0.1) is 6.92 Å². The molecule has 0 bridgehead atoms. The van der Waals surface area contributed by atoms with Crippen LogP contribution >= 0.6 is 0 Å². The summed E-state index contributed by atoms with van der Waals surface area (Å²) < 4.78 is 0. The number of nitrogens with one attached hydrogen (secondary N) is 1. The van der Waals surface area contributed by atoms with Crippen LogP contribution in [0.25, 0.3) is 0 Å². The fourth-order valence-corrected chi connectivity index (χ4v) is 2.06. The number of rotatable bonds is 3. The average Bonchev–Trinajstić information content (AvgIpc) is 2.37. The Kier molecular flexibility index (Phi) is 3.61. The number of nitrogens with zero attached hydrogens (tertiary/aromatic N) is 3. The fraction of sp³-hybridized carbons (Fsp3) is 0.455. The van der Waals surface area contributed by atoms with Crippen LogP contribution in [0.4, 0.5) is 5.82 Å². The topological polar surface area (TPSA) is 127 Å². The third kappa shape index (κ3) is 2.79. The number of piperazine rings is 1. The molecule has 0 aliphatic carbocycles. The Hall–Kier alpha value is -2.22. The molecule has 2 rings (SSSR count). The maximum Gasteiger partial charge on any atom is 0.267 e. The zero-order valence-electron chi connectivity index (χ0n) is 10.6. The molecule has 8 heteroatoms. The fourth-order valence-electron chi connectivity index (χ4n) is 2.06. The Labute approximate surface area is 110 Å². The first kappa shape index (κ1) is 13.2. The monoisotopic (exact) mass is 264 g/mol. The Morgan fingerprint density at radius 3 is 2.79 bits per heavy atom. The van der Waals surface area contributed by atoms with Gasteiger partial charge in [-0.2, -0.15) is 0 Å². The van der Waals surface area contributed by atoms with Crippen molar-refractivity contribution in [2.24, 2.45) is 11.5 Å². The Balaban J connectivity index is 2.38. The third-order valence-corrected chi connectivity index (χ3v) is 2.94. The van der Waals surface area contributed by atoms with Gasteiger partial charge in [0.25, 0.3) is 5.91 Å². The molecule has 19 heavy (non-hydrogen) atoms. The average molecular weight is 264 g/mol. The van der Waals surface area contributed by atoms with Crippen molar-refractivity contribution in [2.45, 2.75) is 13.0 Å². The van der Waals surface area contributed by atoms with Gasteiger partial charge in [-0.25, -0.2) is 9.97 Å². The largest absolute Gasteiger partial charge is 0.368 e. The van der Waals surface area contributed by atoms with Gasteiger partial charge in [0.15, 0.2) is 0 Å². The van der Waals surface area contributed by atoms with Crippen LogP contribution in [-0.4, -0.2) is 47.5 Å². The zero-order chi connectivity index (χ0) is 14.0. The molecule has 0 radical (unpaired) electrons. The minimum absolute atomic E-state index is 0.129. The summed E-state index contributed by atoms with van der Waals surface area (Å²) in [6, 6.07) is 0.986. The number of nitrogens with two attached hydrogens (primary N) is 2. The molecular formula is C11H16N6O2. The molecule has 8 nitrogen and oxygen atoms in total. The summed E-state index contributed by atoms with van der Waals surface area (Å²) in [4.78, 5) is 32.6. The number of carbonyl (C=O) groups excluding carboxylic acids is 2. The van der Waals surface area contributed by atoms with E-state index in [1.807, 2.05) is 0 Å². The first-order valence-electron chi connectivity index (χ1n) is 5.91. The molecule has 1 atom stereocenters. The Bertz CT molecular complexity index is 518. The summed E-state index contributed by atoms with van der Waals surface area (Å²) in [5, 5.41) is 3.09. The number of aryl methyl sites for hydroxylation is 1. The van der Waals surface area contributed by atoms with Crippen molar-refractivity contribution in [3.8, 4) is 0 Å². The molecule has 0 saturated carbocycles. The second kappa shape index (κ2) is 5.19. The lowest BCUT2D eigenvalue weighted by molar-refractivity contribution is -0.119. The summed E-state index contributed by atoms with van der Waals surface area (Å²) in [7, 11) is 0. The molecule has 2 heterocycles. The molecule has 2 amide bonds. The van der Waals surface area contributed by atoms with Gasteiger partial charge in [-0.3, -0.25) is 9.59 Å². The molecule has 1 aliphatic rings. The second-order valence-corrected chi connectivity index (χ2v) is 4.34. The highest BCUT2D eigenvalue weighted by Crippen LogP contribution is 2.17. The first-order chi connectivity index (χ1) is 8.99. The van der Waals surface area contributed by atoms with E-state index in [0.29, 0.717) is 31.3 Å². The van der Waals surface area contributed by atoms with E-state index in [4.69, 9.17) is 11.5 Å². The standard InChI is InChI=1S/C11H16N6O2/c1-6-15-7(10(12)18)4-9(16-6)17-3-2-14-5-8(17)11(13)19/h4,8,14H,2-3,5H2,1H3,(H2,12,18)(H2,13,19). The Morgan fingerprint density at radius 1 is 1.42 bits per heavy atom. The number of primary amides is 2. The summed E-state index contributed by atoms with van der Waals surface area (Å²) in [6.45, 7) is 3.39. The minimum atomic E-state index is -0.627. The van der Waals surface area contributed by atoms with Gasteiger partial charge in [0.05, 0.1) is 0 Å². The smallest absolute Gasteiger partial charge is 0.267 e. The molecule has 1 saturated heterocycles. The van der Waals surface area contributed by atoms with Gasteiger partial charge in [-0.15, -0.1) is 0 Å². The van der Waals surface area contributed by atoms with E-state index in [1.54, 1.807) is 11.8 Å². The van der Waals surface area contributed by atoms with Crippen molar-refractivity contribution < 1.29 is 9.59 Å². The van der Waals surface area contributed by atoms with Crippen LogP contribution < -0.4 is 21.7 Å². The van der Waals surface area contributed by atoms with E-state index < -0.39 is 17.9 Å². The van der Waals surface area contributed by atoms with E-state index in [2.05, 4.69) is 15.3 Å². The maximum absolute atomic E-state index is 11.4. The third-order valence-electron chi connectivity index (χ3n) is 2.94. The predicted molar refractivity (Wildman–Crippen MR) is 68.5 cm³/mol. The van der Waals surface area contributed by atoms with Crippen molar-refractivity contribution >= 4 is 17.6 Å². The first-order valence-corrected chi connectivity index (χ1v) is 5.91. The lowest BCUT2D eigenvalue weighted by atomic mass is 10.1. The molecule has 1 aliphatic heterocycles. The van der Waals surface area contributed by atoms with Gasteiger partial charge in [-0.1, -0.05) is 0 Å². The summed E-state index contributed by atoms with van der Waals surface area (Å²) in [5.74, 6) is -0.152. The molecule has 1 unspecified atom stereocenters. The van der Waals surface area contributed by atoms with Crippen molar-refractivity contribution in [2.75, 3.05) is 24.5 Å². The number of carbonyl (C=O) groups is 2. The quantitative estimate of drug-likeness (QED) is 0.588. The van der Waals surface area contributed by atoms with Crippen molar-refractivity contribution in [1.29, 1.82) is 0 Å². The van der Waals surface area contributed by atoms with Crippen molar-refractivity contribution in [1.82, 2.24) is 15.3 Å². The Morgan fingerprint density at radius 2 is 2.16 bits per heavy atom. The summed E-state index contributed by atoms with van der Waals surface area (Å²) in [6.07, 6.45) is 0. The molecule has 1 fully saturated rings. The van der Waals surface area contributed by atoms with Crippen LogP contribution in [0.1, 0.15) is 16.3 Å². The molecule has 0 aromatic carbocycles. The number of hydrogen-bond acceptors (Lipinski definition) is 6. The molecule has 102 valence electrons. The lowest BCUT2D eigenvalue weighted by Gasteiger charge is -2.35. The van der Waals surface area contributed by atoms with Gasteiger partial charge in [0.2, 0.25) is 5.91 Å². The zero-order valence-corrected chi connectivity index (χ0v) is 10.6. The number of hydrogen-bond donors (Lipinski definition) is 3. The van der Waals surface area contributed by atoms with E-state index in [1.165, 1.54) is 6.07 Å². The SMILES string of the molecule is Cc1nc(C(N)=O)cc(N2CCNCC2C(N)=O)n1. The summed E-state index contributed by atoms with van der Waals surface area (Å²) in [5.41, 5.74) is 10.7. The van der Waals surface area contributed by atoms with Gasteiger partial charge in [-0.05, 0) is 6.92 Å². The van der Waals surface area contributed by atoms with Gasteiger partial charge in [0.1, 0.15) is 23.4 Å². The maximum atomic E-state index is 11.4. The van der Waals surface area contributed by atoms with E-state index in [-0.39, 0.29) is 5.69 Å². The highest BCUT2D eigenvalue weighted by molar-refractivity contribution is 5.92. The van der Waals surface area contributed by atoms with Crippen LogP contribution in [0.3, 0.4) is 0 Å². The van der Waals surface area contributed by atoms with Crippen molar-refractivity contribution in [3.63, 3.8) is 0 Å². The highest BCUT2D eigenvalue weighted by atomic mass is 16.1.